The second kappa shape index (κ2) is 6.29. The minimum Gasteiger partial charge on any atom is -0.465 e. The number of carboxylic acid groups (broad SMARTS) is 2. The summed E-state index contributed by atoms with van der Waals surface area (Å²) < 4.78 is 0. The zero-order valence-corrected chi connectivity index (χ0v) is 9.56. The highest BCUT2D eigenvalue weighted by molar-refractivity contribution is 5.65. The Kier molecular flexibility index (Phi) is 5.02. The first-order chi connectivity index (χ1) is 8.02. The molecule has 2 atom stereocenters. The van der Waals surface area contributed by atoms with E-state index >= 15 is 0 Å². The summed E-state index contributed by atoms with van der Waals surface area (Å²) in [5.41, 5.74) is 5.44. The summed E-state index contributed by atoms with van der Waals surface area (Å²) in [6, 6.07) is -0.401. The van der Waals surface area contributed by atoms with Crippen molar-refractivity contribution in [3.8, 4) is 0 Å². The molecular weight excluding hydrogens is 226 g/mol. The van der Waals surface area contributed by atoms with E-state index in [4.69, 9.17) is 15.9 Å². The number of rotatable bonds is 7. The molecule has 7 heteroatoms. The SMILES string of the molecule is NCC(CCC(NC(=O)O)C1CC1)NC(=O)O. The first-order valence-corrected chi connectivity index (χ1v) is 5.72. The Hall–Kier alpha value is -1.50. The summed E-state index contributed by atoms with van der Waals surface area (Å²) in [6.45, 7) is 0.219. The monoisotopic (exact) mass is 245 g/mol. The van der Waals surface area contributed by atoms with Gasteiger partial charge in [-0.2, -0.15) is 0 Å². The number of hydrogen-bond donors (Lipinski definition) is 5. The molecule has 0 spiro atoms. The van der Waals surface area contributed by atoms with Gasteiger partial charge in [0.25, 0.3) is 0 Å². The molecular formula is C10H19N3O4. The molecule has 98 valence electrons. The summed E-state index contributed by atoms with van der Waals surface area (Å²) in [4.78, 5) is 21.0. The van der Waals surface area contributed by atoms with Gasteiger partial charge in [-0.05, 0) is 31.6 Å². The van der Waals surface area contributed by atoms with Gasteiger partial charge in [0.2, 0.25) is 0 Å². The van der Waals surface area contributed by atoms with Crippen molar-refractivity contribution in [1.82, 2.24) is 10.6 Å². The van der Waals surface area contributed by atoms with E-state index in [0.29, 0.717) is 18.8 Å². The van der Waals surface area contributed by atoms with Crippen LogP contribution >= 0.6 is 0 Å². The van der Waals surface area contributed by atoms with E-state index in [-0.39, 0.29) is 18.6 Å². The van der Waals surface area contributed by atoms with E-state index in [0.717, 1.165) is 12.8 Å². The van der Waals surface area contributed by atoms with Gasteiger partial charge in [0.05, 0.1) is 0 Å². The van der Waals surface area contributed by atoms with Crippen molar-refractivity contribution in [2.45, 2.75) is 37.8 Å². The maximum atomic E-state index is 10.6. The molecule has 1 fully saturated rings. The van der Waals surface area contributed by atoms with Gasteiger partial charge in [-0.3, -0.25) is 0 Å². The number of amides is 2. The van der Waals surface area contributed by atoms with Crippen LogP contribution in [-0.4, -0.2) is 41.0 Å². The van der Waals surface area contributed by atoms with Crippen molar-refractivity contribution in [2.24, 2.45) is 11.7 Å². The van der Waals surface area contributed by atoms with Crippen molar-refractivity contribution < 1.29 is 19.8 Å². The van der Waals surface area contributed by atoms with Gasteiger partial charge in [0.15, 0.2) is 0 Å². The molecule has 0 saturated heterocycles. The Labute approximate surface area is 99.4 Å². The Balaban J connectivity index is 2.33. The molecule has 0 aromatic heterocycles. The maximum absolute atomic E-state index is 10.6. The average Bonchev–Trinajstić information content (AvgIpc) is 3.04. The van der Waals surface area contributed by atoms with Gasteiger partial charge >= 0.3 is 12.2 Å². The quantitative estimate of drug-likeness (QED) is 0.444. The topological polar surface area (TPSA) is 125 Å². The second-order valence-corrected chi connectivity index (χ2v) is 4.35. The van der Waals surface area contributed by atoms with Gasteiger partial charge in [-0.1, -0.05) is 0 Å². The predicted molar refractivity (Wildman–Crippen MR) is 60.9 cm³/mol. The van der Waals surface area contributed by atoms with E-state index in [1.54, 1.807) is 0 Å². The number of nitrogens with two attached hydrogens (primary N) is 1. The molecule has 0 aromatic rings. The van der Waals surface area contributed by atoms with Crippen molar-refractivity contribution in [3.05, 3.63) is 0 Å². The van der Waals surface area contributed by atoms with Crippen LogP contribution < -0.4 is 16.4 Å². The number of carbonyl (C=O) groups is 2. The van der Waals surface area contributed by atoms with Crippen LogP contribution in [0.2, 0.25) is 0 Å². The molecule has 0 aliphatic heterocycles. The minimum atomic E-state index is -1.10. The molecule has 7 nitrogen and oxygen atoms in total. The molecule has 1 rings (SSSR count). The third-order valence-corrected chi connectivity index (χ3v) is 2.94. The van der Waals surface area contributed by atoms with Crippen molar-refractivity contribution in [2.75, 3.05) is 6.54 Å². The molecule has 2 amide bonds. The van der Waals surface area contributed by atoms with Crippen LogP contribution in [0, 0.1) is 5.92 Å². The summed E-state index contributed by atoms with van der Waals surface area (Å²) in [5.74, 6) is 0.398. The Morgan fingerprint density at radius 3 is 2.18 bits per heavy atom. The molecule has 17 heavy (non-hydrogen) atoms. The average molecular weight is 245 g/mol. The van der Waals surface area contributed by atoms with E-state index in [1.165, 1.54) is 0 Å². The molecule has 0 aromatic carbocycles. The van der Waals surface area contributed by atoms with Gasteiger partial charge in [-0.15, -0.1) is 0 Å². The highest BCUT2D eigenvalue weighted by Gasteiger charge is 2.32. The fourth-order valence-electron chi connectivity index (χ4n) is 1.89. The Morgan fingerprint density at radius 1 is 1.18 bits per heavy atom. The highest BCUT2D eigenvalue weighted by atomic mass is 16.4. The normalized spacial score (nSPS) is 18.2. The third-order valence-electron chi connectivity index (χ3n) is 2.94. The largest absolute Gasteiger partial charge is 0.465 e. The fourth-order valence-corrected chi connectivity index (χ4v) is 1.89. The van der Waals surface area contributed by atoms with E-state index in [2.05, 4.69) is 10.6 Å². The van der Waals surface area contributed by atoms with E-state index in [1.807, 2.05) is 0 Å². The van der Waals surface area contributed by atoms with Gasteiger partial charge in [0.1, 0.15) is 0 Å². The lowest BCUT2D eigenvalue weighted by Crippen LogP contribution is -2.42. The zero-order valence-electron chi connectivity index (χ0n) is 9.56. The van der Waals surface area contributed by atoms with Crippen LogP contribution in [0.1, 0.15) is 25.7 Å². The summed E-state index contributed by atoms with van der Waals surface area (Å²) in [6.07, 6.45) is 1.09. The fraction of sp³-hybridized carbons (Fsp3) is 0.800. The molecule has 1 saturated carbocycles. The van der Waals surface area contributed by atoms with Crippen molar-refractivity contribution in [1.29, 1.82) is 0 Å². The molecule has 2 unspecified atom stereocenters. The van der Waals surface area contributed by atoms with E-state index < -0.39 is 12.2 Å². The van der Waals surface area contributed by atoms with Crippen LogP contribution in [0.5, 0.6) is 0 Å². The molecule has 0 bridgehead atoms. The van der Waals surface area contributed by atoms with Crippen LogP contribution in [0.25, 0.3) is 0 Å². The lowest BCUT2D eigenvalue weighted by molar-refractivity contribution is 0.182. The molecule has 1 aliphatic rings. The maximum Gasteiger partial charge on any atom is 0.404 e. The van der Waals surface area contributed by atoms with Crippen LogP contribution in [0.3, 0.4) is 0 Å². The van der Waals surface area contributed by atoms with Crippen LogP contribution in [0.15, 0.2) is 0 Å². The molecule has 0 radical (unpaired) electrons. The Morgan fingerprint density at radius 2 is 1.76 bits per heavy atom. The summed E-state index contributed by atoms with van der Waals surface area (Å²) >= 11 is 0. The number of hydrogen-bond acceptors (Lipinski definition) is 3. The van der Waals surface area contributed by atoms with Crippen molar-refractivity contribution >= 4 is 12.2 Å². The lowest BCUT2D eigenvalue weighted by Gasteiger charge is -2.20. The summed E-state index contributed by atoms with van der Waals surface area (Å²) in [7, 11) is 0. The minimum absolute atomic E-state index is 0.0860. The standard InChI is InChI=1S/C10H19N3O4/c11-5-7(12-9(14)15)3-4-8(6-1-2-6)13-10(16)17/h6-8,12-13H,1-5,11H2,(H,14,15)(H,16,17). The van der Waals surface area contributed by atoms with Crippen LogP contribution in [0.4, 0.5) is 9.59 Å². The Bertz CT molecular complexity index is 281. The summed E-state index contributed by atoms with van der Waals surface area (Å²) in [5, 5.41) is 22.0. The molecule has 6 N–H and O–H groups in total. The van der Waals surface area contributed by atoms with E-state index in [9.17, 15) is 9.59 Å². The lowest BCUT2D eigenvalue weighted by atomic mass is 10.0. The third kappa shape index (κ3) is 5.39. The second-order valence-electron chi connectivity index (χ2n) is 4.35. The van der Waals surface area contributed by atoms with Crippen molar-refractivity contribution in [3.63, 3.8) is 0 Å². The highest BCUT2D eigenvalue weighted by Crippen LogP contribution is 2.34. The molecule has 0 heterocycles. The van der Waals surface area contributed by atoms with Gasteiger partial charge in [0, 0.05) is 18.6 Å². The van der Waals surface area contributed by atoms with Crippen LogP contribution in [-0.2, 0) is 0 Å². The van der Waals surface area contributed by atoms with Gasteiger partial charge < -0.3 is 26.6 Å². The van der Waals surface area contributed by atoms with Gasteiger partial charge in [-0.25, -0.2) is 9.59 Å². The zero-order chi connectivity index (χ0) is 12.8. The smallest absolute Gasteiger partial charge is 0.404 e. The molecule has 1 aliphatic carbocycles. The first kappa shape index (κ1) is 13.6. The first-order valence-electron chi connectivity index (χ1n) is 5.72. The predicted octanol–water partition coefficient (Wildman–Crippen LogP) is 0.408. The number of nitrogens with one attached hydrogen (secondary N) is 2.